The summed E-state index contributed by atoms with van der Waals surface area (Å²) in [5.74, 6) is -3.31. The lowest BCUT2D eigenvalue weighted by Crippen LogP contribution is -2.26. The maximum Gasteiger partial charge on any atom is 0.168 e. The van der Waals surface area contributed by atoms with Gasteiger partial charge in [-0.3, -0.25) is 0 Å². The molecule has 0 aliphatic carbocycles. The molecule has 86 valence electrons. The first-order valence-corrected chi connectivity index (χ1v) is 6.99. The van der Waals surface area contributed by atoms with Crippen LogP contribution in [0.3, 0.4) is 0 Å². The van der Waals surface area contributed by atoms with Crippen LogP contribution in [0.25, 0.3) is 0 Å². The minimum absolute atomic E-state index is 0.283. The molecule has 0 aromatic rings. The molecule has 0 aliphatic rings. The van der Waals surface area contributed by atoms with E-state index in [9.17, 15) is 19.9 Å². The van der Waals surface area contributed by atoms with E-state index in [4.69, 9.17) is 0 Å². The van der Waals surface area contributed by atoms with Crippen LogP contribution < -0.4 is 0 Å². The summed E-state index contributed by atoms with van der Waals surface area (Å²) >= 11 is 0. The second kappa shape index (κ2) is 5.86. The molecular formula is C9H21O4P. The van der Waals surface area contributed by atoms with Crippen LogP contribution in [-0.4, -0.2) is 32.9 Å². The van der Waals surface area contributed by atoms with Crippen LogP contribution in [0.5, 0.6) is 0 Å². The van der Waals surface area contributed by atoms with Crippen molar-refractivity contribution in [2.24, 2.45) is 0 Å². The molecule has 3 atom stereocenters. The first-order chi connectivity index (χ1) is 6.44. The molecule has 0 spiro atoms. The van der Waals surface area contributed by atoms with Crippen LogP contribution in [0.2, 0.25) is 0 Å². The largest absolute Gasteiger partial charge is 0.385 e. The molecule has 0 saturated heterocycles. The first kappa shape index (κ1) is 14.1. The molecule has 3 unspecified atom stereocenters. The average molecular weight is 224 g/mol. The third kappa shape index (κ3) is 2.57. The van der Waals surface area contributed by atoms with Crippen molar-refractivity contribution in [3.05, 3.63) is 0 Å². The Morgan fingerprint density at radius 1 is 0.857 bits per heavy atom. The van der Waals surface area contributed by atoms with Crippen LogP contribution >= 0.6 is 7.14 Å². The lowest BCUT2D eigenvalue weighted by Gasteiger charge is -2.30. The van der Waals surface area contributed by atoms with Gasteiger partial charge in [-0.1, -0.05) is 20.8 Å². The summed E-state index contributed by atoms with van der Waals surface area (Å²) in [6.07, 6.45) is 0.849. The number of hydrogen-bond acceptors (Lipinski definition) is 4. The molecule has 0 aliphatic heterocycles. The summed E-state index contributed by atoms with van der Waals surface area (Å²) in [6.45, 7) is 5.05. The van der Waals surface area contributed by atoms with E-state index in [1.54, 1.807) is 20.8 Å². The van der Waals surface area contributed by atoms with Crippen LogP contribution in [0.15, 0.2) is 0 Å². The predicted octanol–water partition coefficient (Wildman–Crippen LogP) is 1.53. The maximum atomic E-state index is 12.3. The van der Waals surface area contributed by atoms with Crippen molar-refractivity contribution in [1.82, 2.24) is 0 Å². The molecule has 0 amide bonds. The Bertz CT molecular complexity index is 174. The van der Waals surface area contributed by atoms with Gasteiger partial charge >= 0.3 is 0 Å². The standard InChI is InChI=1S/C9H21O4P/c1-4-7(10)14(13,8(11)5-2)9(12)6-3/h7-12H,4-6H2,1-3H3. The molecule has 0 bridgehead atoms. The third-order valence-corrected chi connectivity index (χ3v) is 6.38. The Kier molecular flexibility index (Phi) is 5.91. The number of rotatable bonds is 6. The van der Waals surface area contributed by atoms with Crippen molar-refractivity contribution >= 4 is 7.14 Å². The van der Waals surface area contributed by atoms with Gasteiger partial charge in [0.25, 0.3) is 0 Å². The van der Waals surface area contributed by atoms with Gasteiger partial charge in [0, 0.05) is 0 Å². The van der Waals surface area contributed by atoms with E-state index in [0.717, 1.165) is 0 Å². The molecule has 0 radical (unpaired) electrons. The summed E-state index contributed by atoms with van der Waals surface area (Å²) in [4.78, 5) is 0. The van der Waals surface area contributed by atoms with Gasteiger partial charge in [-0.05, 0) is 19.3 Å². The van der Waals surface area contributed by atoms with E-state index in [0.29, 0.717) is 0 Å². The highest BCUT2D eigenvalue weighted by molar-refractivity contribution is 7.65. The van der Waals surface area contributed by atoms with Gasteiger partial charge < -0.3 is 19.9 Å². The third-order valence-electron chi connectivity index (χ3n) is 2.49. The van der Waals surface area contributed by atoms with Gasteiger partial charge in [0.05, 0.1) is 0 Å². The minimum atomic E-state index is -3.33. The zero-order chi connectivity index (χ0) is 11.4. The van der Waals surface area contributed by atoms with Gasteiger partial charge in [0.1, 0.15) is 17.5 Å². The van der Waals surface area contributed by atoms with Gasteiger partial charge in [0.2, 0.25) is 0 Å². The summed E-state index contributed by atoms with van der Waals surface area (Å²) in [7, 11) is -3.33. The molecule has 3 N–H and O–H groups in total. The number of hydrogen-bond donors (Lipinski definition) is 3. The molecule has 4 nitrogen and oxygen atoms in total. The number of aliphatic hydroxyl groups is 3. The molecule has 0 aromatic carbocycles. The second-order valence-electron chi connectivity index (χ2n) is 3.43. The van der Waals surface area contributed by atoms with Crippen LogP contribution in [-0.2, 0) is 4.57 Å². The zero-order valence-corrected chi connectivity index (χ0v) is 9.94. The van der Waals surface area contributed by atoms with E-state index in [1.165, 1.54) is 0 Å². The molecule has 0 aromatic heterocycles. The van der Waals surface area contributed by atoms with Gasteiger partial charge in [-0.25, -0.2) is 0 Å². The quantitative estimate of drug-likeness (QED) is 0.598. The van der Waals surface area contributed by atoms with Crippen LogP contribution in [0.4, 0.5) is 0 Å². The summed E-state index contributed by atoms with van der Waals surface area (Å²) in [5.41, 5.74) is 0. The van der Waals surface area contributed by atoms with Crippen molar-refractivity contribution < 1.29 is 19.9 Å². The molecular weight excluding hydrogens is 203 g/mol. The molecule has 14 heavy (non-hydrogen) atoms. The summed E-state index contributed by atoms with van der Waals surface area (Å²) in [5, 5.41) is 28.8. The molecule has 0 fully saturated rings. The SMILES string of the molecule is CCC(O)P(=O)(C(O)CC)C(O)CC. The summed E-state index contributed by atoms with van der Waals surface area (Å²) < 4.78 is 12.3. The smallest absolute Gasteiger partial charge is 0.168 e. The molecule has 0 heterocycles. The van der Waals surface area contributed by atoms with Crippen molar-refractivity contribution in [2.45, 2.75) is 57.6 Å². The average Bonchev–Trinajstić information content (AvgIpc) is 2.24. The Hall–Kier alpha value is 0.110. The predicted molar refractivity (Wildman–Crippen MR) is 56.5 cm³/mol. The fourth-order valence-corrected chi connectivity index (χ4v) is 4.36. The van der Waals surface area contributed by atoms with E-state index >= 15 is 0 Å². The lowest BCUT2D eigenvalue weighted by atomic mass is 10.5. The Labute approximate surface area is 85.3 Å². The minimum Gasteiger partial charge on any atom is -0.385 e. The van der Waals surface area contributed by atoms with Gasteiger partial charge in [-0.15, -0.1) is 0 Å². The first-order valence-electron chi connectivity index (χ1n) is 5.08. The second-order valence-corrected chi connectivity index (χ2v) is 6.75. The Morgan fingerprint density at radius 2 is 1.07 bits per heavy atom. The maximum absolute atomic E-state index is 12.3. The highest BCUT2D eigenvalue weighted by Crippen LogP contribution is 2.59. The lowest BCUT2D eigenvalue weighted by molar-refractivity contribution is 0.168. The van der Waals surface area contributed by atoms with E-state index in [-0.39, 0.29) is 19.3 Å². The fraction of sp³-hybridized carbons (Fsp3) is 1.00. The van der Waals surface area contributed by atoms with Crippen molar-refractivity contribution in [1.29, 1.82) is 0 Å². The fourth-order valence-electron chi connectivity index (χ4n) is 1.45. The summed E-state index contributed by atoms with van der Waals surface area (Å²) in [6, 6.07) is 0. The normalized spacial score (nSPS) is 22.4. The van der Waals surface area contributed by atoms with Crippen molar-refractivity contribution in [3.8, 4) is 0 Å². The van der Waals surface area contributed by atoms with Crippen LogP contribution in [0, 0.1) is 0 Å². The number of aliphatic hydroxyl groups excluding tert-OH is 3. The molecule has 0 saturated carbocycles. The van der Waals surface area contributed by atoms with Crippen molar-refractivity contribution in [2.75, 3.05) is 0 Å². The monoisotopic (exact) mass is 224 g/mol. The van der Waals surface area contributed by atoms with E-state index < -0.39 is 24.7 Å². The Morgan fingerprint density at radius 3 is 1.21 bits per heavy atom. The van der Waals surface area contributed by atoms with Gasteiger partial charge in [-0.2, -0.15) is 0 Å². The molecule has 0 rings (SSSR count). The van der Waals surface area contributed by atoms with Gasteiger partial charge in [0.15, 0.2) is 7.14 Å². The zero-order valence-electron chi connectivity index (χ0n) is 9.05. The van der Waals surface area contributed by atoms with Crippen molar-refractivity contribution in [3.63, 3.8) is 0 Å². The Balaban J connectivity index is 4.94. The molecule has 5 heteroatoms. The highest BCUT2D eigenvalue weighted by Gasteiger charge is 2.42. The highest BCUT2D eigenvalue weighted by atomic mass is 31.2. The van der Waals surface area contributed by atoms with E-state index in [2.05, 4.69) is 0 Å². The topological polar surface area (TPSA) is 77.8 Å². The van der Waals surface area contributed by atoms with E-state index in [1.807, 2.05) is 0 Å². The van der Waals surface area contributed by atoms with Crippen LogP contribution in [0.1, 0.15) is 40.0 Å².